The molecule has 4 aliphatic rings. The quantitative estimate of drug-likeness (QED) is 0.700. The van der Waals surface area contributed by atoms with Crippen LogP contribution in [0.15, 0.2) is 70.8 Å². The van der Waals surface area contributed by atoms with Crippen molar-refractivity contribution in [1.29, 1.82) is 0 Å². The van der Waals surface area contributed by atoms with Crippen molar-refractivity contribution in [3.8, 4) is 11.1 Å². The third kappa shape index (κ3) is 4.59. The number of rotatable bonds is 5. The van der Waals surface area contributed by atoms with Gasteiger partial charge in [0.2, 0.25) is 11.8 Å². The normalized spacial score (nSPS) is 23.4. The first-order valence-electron chi connectivity index (χ1n) is 12.0. The highest BCUT2D eigenvalue weighted by atomic mass is 16.5. The van der Waals surface area contributed by atoms with Crippen LogP contribution in [-0.4, -0.2) is 46.2 Å². The number of hydrogen-bond donors (Lipinski definition) is 2. The molecule has 4 heterocycles. The maximum atomic E-state index is 12.7. The van der Waals surface area contributed by atoms with Gasteiger partial charge in [-0.3, -0.25) is 19.3 Å². The number of benzene rings is 1. The minimum absolute atomic E-state index is 0.0359. The Morgan fingerprint density at radius 3 is 2.86 bits per heavy atom. The Kier molecular flexibility index (Phi) is 5.61. The standard InChI is InChI=1S/C26H26N6O3/c33-25(16-4-5-16)31-23-13-22(24-21(30-23)6-9-27-26(24)34)29-19-3-1-2-17(12-19)18-14-28-32(15-18)20-7-10-35-11-8-20/h1-3,6,9,12-16,20,24H,4-5,7-8,10-11H2,(H,27,34)(H,31,33). The van der Waals surface area contributed by atoms with E-state index in [0.717, 1.165) is 50.0 Å². The van der Waals surface area contributed by atoms with Gasteiger partial charge in [0, 0.05) is 43.2 Å². The summed E-state index contributed by atoms with van der Waals surface area (Å²) < 4.78 is 7.49. The molecule has 2 aromatic rings. The first-order chi connectivity index (χ1) is 17.1. The fraction of sp³-hybridized carbons (Fsp3) is 0.346. The molecule has 1 aliphatic carbocycles. The zero-order valence-corrected chi connectivity index (χ0v) is 19.2. The molecule has 3 aliphatic heterocycles. The Morgan fingerprint density at radius 1 is 1.17 bits per heavy atom. The zero-order chi connectivity index (χ0) is 23.8. The molecular formula is C26H26N6O3. The van der Waals surface area contributed by atoms with E-state index in [-0.39, 0.29) is 17.7 Å². The second-order valence-corrected chi connectivity index (χ2v) is 9.24. The van der Waals surface area contributed by atoms with E-state index in [9.17, 15) is 9.59 Å². The van der Waals surface area contributed by atoms with Gasteiger partial charge in [0.05, 0.1) is 29.3 Å². The third-order valence-electron chi connectivity index (χ3n) is 6.67. The summed E-state index contributed by atoms with van der Waals surface area (Å²) in [5.74, 6) is -0.381. The number of fused-ring (bicyclic) bond motifs is 1. The Balaban J connectivity index is 1.30. The summed E-state index contributed by atoms with van der Waals surface area (Å²) in [5, 5.41) is 10.2. The predicted molar refractivity (Wildman–Crippen MR) is 131 cm³/mol. The van der Waals surface area contributed by atoms with Crippen LogP contribution >= 0.6 is 0 Å². The number of carbonyl (C=O) groups excluding carboxylic acids is 2. The summed E-state index contributed by atoms with van der Waals surface area (Å²) in [4.78, 5) is 34.3. The van der Waals surface area contributed by atoms with Crippen molar-refractivity contribution in [2.24, 2.45) is 21.8 Å². The molecule has 178 valence electrons. The summed E-state index contributed by atoms with van der Waals surface area (Å²) in [6.07, 6.45) is 12.7. The van der Waals surface area contributed by atoms with Gasteiger partial charge < -0.3 is 15.4 Å². The van der Waals surface area contributed by atoms with E-state index in [2.05, 4.69) is 26.9 Å². The van der Waals surface area contributed by atoms with Crippen molar-refractivity contribution < 1.29 is 14.3 Å². The van der Waals surface area contributed by atoms with Gasteiger partial charge in [-0.1, -0.05) is 12.1 Å². The van der Waals surface area contributed by atoms with Gasteiger partial charge in [0.25, 0.3) is 0 Å². The smallest absolute Gasteiger partial charge is 0.239 e. The number of aromatic nitrogens is 2. The molecule has 2 amide bonds. The molecule has 0 radical (unpaired) electrons. The van der Waals surface area contributed by atoms with Crippen molar-refractivity contribution in [3.05, 3.63) is 60.8 Å². The van der Waals surface area contributed by atoms with Crippen LogP contribution in [-0.2, 0) is 14.3 Å². The lowest BCUT2D eigenvalue weighted by Gasteiger charge is -2.24. The number of aliphatic imine (C=N–C) groups is 2. The van der Waals surface area contributed by atoms with E-state index in [0.29, 0.717) is 29.0 Å². The molecule has 2 fully saturated rings. The second-order valence-electron chi connectivity index (χ2n) is 9.24. The molecule has 1 saturated heterocycles. The second kappa shape index (κ2) is 9.07. The van der Waals surface area contributed by atoms with Gasteiger partial charge in [-0.2, -0.15) is 5.10 Å². The van der Waals surface area contributed by atoms with Crippen LogP contribution in [0.2, 0.25) is 0 Å². The SMILES string of the molecule is O=C(NC1=CC(=Nc2cccc(-c3cnn(C4CCOCC4)c3)c2)C2C(=O)NC=CC2=N1)C1CC1. The average molecular weight is 471 g/mol. The predicted octanol–water partition coefficient (Wildman–Crippen LogP) is 3.06. The highest BCUT2D eigenvalue weighted by molar-refractivity contribution is 6.31. The molecular weight excluding hydrogens is 444 g/mol. The Morgan fingerprint density at radius 2 is 2.03 bits per heavy atom. The summed E-state index contributed by atoms with van der Waals surface area (Å²) in [6.45, 7) is 1.53. The lowest BCUT2D eigenvalue weighted by molar-refractivity contribution is -0.121. The number of hydrogen-bond acceptors (Lipinski definition) is 6. The summed E-state index contributed by atoms with van der Waals surface area (Å²) in [7, 11) is 0. The van der Waals surface area contributed by atoms with Crippen LogP contribution in [0.3, 0.4) is 0 Å². The molecule has 1 atom stereocenters. The molecule has 35 heavy (non-hydrogen) atoms. The number of carbonyl (C=O) groups is 2. The Labute approximate surface area is 202 Å². The van der Waals surface area contributed by atoms with Crippen LogP contribution in [0.5, 0.6) is 0 Å². The Bertz CT molecular complexity index is 1290. The van der Waals surface area contributed by atoms with Crippen LogP contribution in [0, 0.1) is 11.8 Å². The van der Waals surface area contributed by atoms with E-state index in [1.54, 1.807) is 18.4 Å². The van der Waals surface area contributed by atoms with Crippen molar-refractivity contribution >= 4 is 28.9 Å². The number of nitrogens with zero attached hydrogens (tertiary/aromatic N) is 4. The van der Waals surface area contributed by atoms with Crippen molar-refractivity contribution in [2.45, 2.75) is 31.7 Å². The van der Waals surface area contributed by atoms with Crippen LogP contribution in [0.1, 0.15) is 31.7 Å². The number of ether oxygens (including phenoxy) is 1. The molecule has 9 heteroatoms. The largest absolute Gasteiger partial charge is 0.381 e. The molecule has 1 aromatic carbocycles. The third-order valence-corrected chi connectivity index (χ3v) is 6.67. The van der Waals surface area contributed by atoms with Crippen molar-refractivity contribution in [1.82, 2.24) is 20.4 Å². The molecule has 1 saturated carbocycles. The maximum Gasteiger partial charge on any atom is 0.239 e. The first kappa shape index (κ1) is 21.7. The molecule has 6 rings (SSSR count). The number of allylic oxidation sites excluding steroid dienone is 2. The highest BCUT2D eigenvalue weighted by Gasteiger charge is 2.35. The monoisotopic (exact) mass is 470 g/mol. The van der Waals surface area contributed by atoms with E-state index < -0.39 is 5.92 Å². The first-order valence-corrected chi connectivity index (χ1v) is 12.0. The lowest BCUT2D eigenvalue weighted by atomic mass is 9.91. The number of amides is 2. The Hall–Kier alpha value is -3.85. The fourth-order valence-electron chi connectivity index (χ4n) is 4.58. The molecule has 9 nitrogen and oxygen atoms in total. The molecule has 1 aromatic heterocycles. The van der Waals surface area contributed by atoms with E-state index >= 15 is 0 Å². The summed E-state index contributed by atoms with van der Waals surface area (Å²) in [6, 6.07) is 8.20. The summed E-state index contributed by atoms with van der Waals surface area (Å²) in [5.41, 5.74) is 3.82. The maximum absolute atomic E-state index is 12.7. The lowest BCUT2D eigenvalue weighted by Crippen LogP contribution is -2.43. The van der Waals surface area contributed by atoms with Gasteiger partial charge in [-0.05, 0) is 49.5 Å². The molecule has 0 bridgehead atoms. The molecule has 0 spiro atoms. The van der Waals surface area contributed by atoms with Crippen molar-refractivity contribution in [2.75, 3.05) is 13.2 Å². The van der Waals surface area contributed by atoms with Crippen molar-refractivity contribution in [3.63, 3.8) is 0 Å². The minimum Gasteiger partial charge on any atom is -0.381 e. The van der Waals surface area contributed by atoms with E-state index in [1.807, 2.05) is 35.1 Å². The van der Waals surface area contributed by atoms with E-state index in [4.69, 9.17) is 9.73 Å². The minimum atomic E-state index is -0.624. The molecule has 2 N–H and O–H groups in total. The summed E-state index contributed by atoms with van der Waals surface area (Å²) >= 11 is 0. The van der Waals surface area contributed by atoms with Gasteiger partial charge in [-0.15, -0.1) is 0 Å². The van der Waals surface area contributed by atoms with Gasteiger partial charge in [0.15, 0.2) is 0 Å². The molecule has 1 unspecified atom stereocenters. The van der Waals surface area contributed by atoms with Crippen LogP contribution < -0.4 is 10.6 Å². The number of nitrogens with one attached hydrogen (secondary N) is 2. The van der Waals surface area contributed by atoms with Gasteiger partial charge in [0.1, 0.15) is 11.7 Å². The fourth-order valence-corrected chi connectivity index (χ4v) is 4.58. The topological polar surface area (TPSA) is 110 Å². The van der Waals surface area contributed by atoms with Crippen LogP contribution in [0.25, 0.3) is 11.1 Å². The van der Waals surface area contributed by atoms with Gasteiger partial charge >= 0.3 is 0 Å². The zero-order valence-electron chi connectivity index (χ0n) is 19.2. The van der Waals surface area contributed by atoms with E-state index in [1.165, 1.54) is 0 Å². The van der Waals surface area contributed by atoms with Gasteiger partial charge in [-0.25, -0.2) is 4.99 Å². The van der Waals surface area contributed by atoms with Crippen LogP contribution in [0.4, 0.5) is 5.69 Å². The highest BCUT2D eigenvalue weighted by Crippen LogP contribution is 2.31. The average Bonchev–Trinajstić information content (AvgIpc) is 3.61.